The third-order valence-electron chi connectivity index (χ3n) is 3.28. The number of amides is 2. The Hall–Kier alpha value is -1.51. The van der Waals surface area contributed by atoms with Gasteiger partial charge in [-0.25, -0.2) is 4.79 Å². The molecule has 106 valence electrons. The van der Waals surface area contributed by atoms with Gasteiger partial charge in [0.2, 0.25) is 5.13 Å². The molecule has 0 bridgehead atoms. The predicted octanol–water partition coefficient (Wildman–Crippen LogP) is 2.30. The number of aromatic nitrogens is 2. The summed E-state index contributed by atoms with van der Waals surface area (Å²) in [7, 11) is 0. The van der Waals surface area contributed by atoms with Crippen LogP contribution in [0.1, 0.15) is 19.3 Å². The highest BCUT2D eigenvalue weighted by Crippen LogP contribution is 2.31. The maximum Gasteiger partial charge on any atom is 0.321 e. The molecule has 3 rings (SSSR count). The van der Waals surface area contributed by atoms with E-state index in [1.807, 2.05) is 16.8 Å². The Labute approximate surface area is 123 Å². The fourth-order valence-corrected chi connectivity index (χ4v) is 3.37. The van der Waals surface area contributed by atoms with Crippen LogP contribution in [0.15, 0.2) is 16.8 Å². The van der Waals surface area contributed by atoms with Gasteiger partial charge in [0.25, 0.3) is 0 Å². The number of anilines is 1. The van der Waals surface area contributed by atoms with Crippen molar-refractivity contribution in [3.63, 3.8) is 0 Å². The highest BCUT2D eigenvalue weighted by atomic mass is 32.1. The lowest BCUT2D eigenvalue weighted by Gasteiger charge is -2.36. The summed E-state index contributed by atoms with van der Waals surface area (Å²) in [5.74, 6) is 0. The standard InChI is InChI=1S/C12H14N4O2S2/c17-10(13-7-12(18)3-1-4-12)14-11-16-15-9(20-11)8-2-5-19-6-8/h2,5-6,18H,1,3-4,7H2,(H2,13,14,16,17). The van der Waals surface area contributed by atoms with E-state index >= 15 is 0 Å². The van der Waals surface area contributed by atoms with Crippen LogP contribution in [0.4, 0.5) is 9.93 Å². The summed E-state index contributed by atoms with van der Waals surface area (Å²) in [5.41, 5.74) is 0.282. The van der Waals surface area contributed by atoms with E-state index in [2.05, 4.69) is 20.8 Å². The van der Waals surface area contributed by atoms with E-state index in [4.69, 9.17) is 0 Å². The number of nitrogens with one attached hydrogen (secondary N) is 2. The van der Waals surface area contributed by atoms with Crippen LogP contribution in [0, 0.1) is 0 Å². The van der Waals surface area contributed by atoms with Gasteiger partial charge in [0.1, 0.15) is 5.01 Å². The molecule has 2 heterocycles. The van der Waals surface area contributed by atoms with Gasteiger partial charge in [-0.15, -0.1) is 10.2 Å². The van der Waals surface area contributed by atoms with E-state index in [-0.39, 0.29) is 12.6 Å². The molecule has 2 amide bonds. The molecule has 0 aromatic carbocycles. The van der Waals surface area contributed by atoms with Crippen molar-refractivity contribution in [2.75, 3.05) is 11.9 Å². The topological polar surface area (TPSA) is 87.1 Å². The summed E-state index contributed by atoms with van der Waals surface area (Å²) in [6, 6.07) is 1.60. The molecule has 8 heteroatoms. The van der Waals surface area contributed by atoms with Gasteiger partial charge in [-0.05, 0) is 30.7 Å². The average Bonchev–Trinajstić information content (AvgIpc) is 3.04. The second-order valence-corrected chi connectivity index (χ2v) is 6.57. The lowest BCUT2D eigenvalue weighted by Crippen LogP contribution is -2.48. The minimum Gasteiger partial charge on any atom is -0.388 e. The molecule has 3 N–H and O–H groups in total. The minimum absolute atomic E-state index is 0.273. The Balaban J connectivity index is 1.54. The second kappa shape index (κ2) is 5.47. The largest absolute Gasteiger partial charge is 0.388 e. The van der Waals surface area contributed by atoms with E-state index in [9.17, 15) is 9.90 Å². The molecular formula is C12H14N4O2S2. The summed E-state index contributed by atoms with van der Waals surface area (Å²) in [6.07, 6.45) is 2.50. The van der Waals surface area contributed by atoms with Gasteiger partial charge in [-0.3, -0.25) is 5.32 Å². The zero-order valence-corrected chi connectivity index (χ0v) is 12.3. The smallest absolute Gasteiger partial charge is 0.321 e. The molecule has 1 fully saturated rings. The SMILES string of the molecule is O=C(NCC1(O)CCC1)Nc1nnc(-c2ccsc2)s1. The highest BCUT2D eigenvalue weighted by Gasteiger charge is 2.34. The lowest BCUT2D eigenvalue weighted by molar-refractivity contribution is -0.0287. The van der Waals surface area contributed by atoms with E-state index in [1.165, 1.54) is 11.3 Å². The molecule has 0 aliphatic heterocycles. The second-order valence-electron chi connectivity index (χ2n) is 4.81. The van der Waals surface area contributed by atoms with Crippen LogP contribution in [0.2, 0.25) is 0 Å². The maximum atomic E-state index is 11.7. The van der Waals surface area contributed by atoms with Crippen molar-refractivity contribution in [2.45, 2.75) is 24.9 Å². The van der Waals surface area contributed by atoms with Gasteiger partial charge in [0, 0.05) is 17.5 Å². The van der Waals surface area contributed by atoms with Gasteiger partial charge < -0.3 is 10.4 Å². The monoisotopic (exact) mass is 310 g/mol. The molecule has 0 unspecified atom stereocenters. The van der Waals surface area contributed by atoms with Crippen LogP contribution in [0.25, 0.3) is 10.6 Å². The number of urea groups is 1. The van der Waals surface area contributed by atoms with Crippen molar-refractivity contribution in [2.24, 2.45) is 0 Å². The molecule has 0 saturated heterocycles. The highest BCUT2D eigenvalue weighted by molar-refractivity contribution is 7.19. The number of carbonyl (C=O) groups is 1. The Morgan fingerprint density at radius 1 is 1.45 bits per heavy atom. The number of hydrogen-bond donors (Lipinski definition) is 3. The first kappa shape index (κ1) is 13.5. The molecule has 2 aromatic heterocycles. The third-order valence-corrected chi connectivity index (χ3v) is 4.85. The summed E-state index contributed by atoms with van der Waals surface area (Å²) < 4.78 is 0. The van der Waals surface area contributed by atoms with E-state index in [1.54, 1.807) is 11.3 Å². The Kier molecular flexibility index (Phi) is 3.68. The van der Waals surface area contributed by atoms with Gasteiger partial charge in [0.15, 0.2) is 0 Å². The number of nitrogens with zero attached hydrogens (tertiary/aromatic N) is 2. The number of aliphatic hydroxyl groups is 1. The third kappa shape index (κ3) is 2.97. The van der Waals surface area contributed by atoms with Gasteiger partial charge in [-0.1, -0.05) is 11.3 Å². The molecule has 2 aromatic rings. The summed E-state index contributed by atoms with van der Waals surface area (Å²) in [6.45, 7) is 0.273. The number of thiophene rings is 1. The van der Waals surface area contributed by atoms with E-state index in [0.29, 0.717) is 5.13 Å². The molecule has 1 aliphatic carbocycles. The normalized spacial score (nSPS) is 16.4. The quantitative estimate of drug-likeness (QED) is 0.808. The minimum atomic E-state index is -0.722. The summed E-state index contributed by atoms with van der Waals surface area (Å²) >= 11 is 2.91. The van der Waals surface area contributed by atoms with Crippen LogP contribution >= 0.6 is 22.7 Å². The van der Waals surface area contributed by atoms with Gasteiger partial charge in [0.05, 0.1) is 5.60 Å². The fraction of sp³-hybridized carbons (Fsp3) is 0.417. The van der Waals surface area contributed by atoms with Crippen LogP contribution in [-0.4, -0.2) is 33.5 Å². The lowest BCUT2D eigenvalue weighted by atomic mass is 9.80. The number of rotatable bonds is 4. The number of hydrogen-bond acceptors (Lipinski definition) is 6. The van der Waals surface area contributed by atoms with Gasteiger partial charge >= 0.3 is 6.03 Å². The molecule has 0 spiro atoms. The zero-order chi connectivity index (χ0) is 14.0. The predicted molar refractivity (Wildman–Crippen MR) is 79.0 cm³/mol. The van der Waals surface area contributed by atoms with Crippen LogP contribution in [0.3, 0.4) is 0 Å². The van der Waals surface area contributed by atoms with Crippen molar-refractivity contribution in [3.05, 3.63) is 16.8 Å². The van der Waals surface area contributed by atoms with E-state index in [0.717, 1.165) is 29.8 Å². The van der Waals surface area contributed by atoms with Crippen LogP contribution < -0.4 is 10.6 Å². The molecule has 6 nitrogen and oxygen atoms in total. The van der Waals surface area contributed by atoms with Crippen molar-refractivity contribution in [1.29, 1.82) is 0 Å². The van der Waals surface area contributed by atoms with E-state index < -0.39 is 5.60 Å². The first-order chi connectivity index (χ1) is 9.65. The van der Waals surface area contributed by atoms with Crippen LogP contribution in [0.5, 0.6) is 0 Å². The first-order valence-electron chi connectivity index (χ1n) is 6.28. The summed E-state index contributed by atoms with van der Waals surface area (Å²) in [5, 5.41) is 28.3. The zero-order valence-electron chi connectivity index (χ0n) is 10.6. The Bertz CT molecular complexity index is 592. The van der Waals surface area contributed by atoms with Crippen molar-refractivity contribution < 1.29 is 9.90 Å². The molecule has 0 atom stereocenters. The fourth-order valence-electron chi connectivity index (χ4n) is 1.92. The average molecular weight is 310 g/mol. The van der Waals surface area contributed by atoms with Crippen molar-refractivity contribution in [1.82, 2.24) is 15.5 Å². The Morgan fingerprint density at radius 3 is 2.95 bits per heavy atom. The van der Waals surface area contributed by atoms with Gasteiger partial charge in [-0.2, -0.15) is 11.3 Å². The molecule has 0 radical (unpaired) electrons. The number of carbonyl (C=O) groups excluding carboxylic acids is 1. The molecule has 1 saturated carbocycles. The molecular weight excluding hydrogens is 296 g/mol. The van der Waals surface area contributed by atoms with Crippen molar-refractivity contribution in [3.8, 4) is 10.6 Å². The molecule has 1 aliphatic rings. The maximum absolute atomic E-state index is 11.7. The Morgan fingerprint density at radius 2 is 2.30 bits per heavy atom. The van der Waals surface area contributed by atoms with Crippen LogP contribution in [-0.2, 0) is 0 Å². The molecule has 20 heavy (non-hydrogen) atoms. The first-order valence-corrected chi connectivity index (χ1v) is 8.04. The summed E-state index contributed by atoms with van der Waals surface area (Å²) in [4.78, 5) is 11.7. The van der Waals surface area contributed by atoms with Crippen molar-refractivity contribution >= 4 is 33.8 Å².